The topological polar surface area (TPSA) is 35.2 Å². The Bertz CT molecular complexity index is 159. The van der Waals surface area contributed by atoms with Crippen molar-refractivity contribution in [2.75, 3.05) is 0 Å². The Labute approximate surface area is 93.0 Å². The van der Waals surface area contributed by atoms with Crippen molar-refractivity contribution in [2.24, 2.45) is 5.73 Å². The lowest BCUT2D eigenvalue weighted by Gasteiger charge is -2.30. The highest BCUT2D eigenvalue weighted by atomic mass is 35.5. The van der Waals surface area contributed by atoms with E-state index >= 15 is 0 Å². The smallest absolute Gasteiger partial charge is 0.0729 e. The predicted molar refractivity (Wildman–Crippen MR) is 60.8 cm³/mol. The molecule has 0 aromatic heterocycles. The maximum absolute atomic E-state index is 6.04. The zero-order chi connectivity index (χ0) is 9.10. The van der Waals surface area contributed by atoms with Gasteiger partial charge in [0.15, 0.2) is 0 Å². The van der Waals surface area contributed by atoms with Crippen LogP contribution in [0.15, 0.2) is 0 Å². The zero-order valence-corrected chi connectivity index (χ0v) is 9.60. The molecule has 2 saturated carbocycles. The third kappa shape index (κ3) is 3.11. The van der Waals surface area contributed by atoms with Gasteiger partial charge in [-0.1, -0.05) is 25.7 Å². The molecule has 2 atom stereocenters. The Morgan fingerprint density at radius 2 is 1.43 bits per heavy atom. The molecule has 2 nitrogen and oxygen atoms in total. The molecule has 2 aliphatic rings. The third-order valence-electron chi connectivity index (χ3n) is 3.42. The van der Waals surface area contributed by atoms with Gasteiger partial charge in [-0.15, -0.1) is 12.4 Å². The highest BCUT2D eigenvalue weighted by molar-refractivity contribution is 5.85. The highest BCUT2D eigenvalue weighted by Gasteiger charge is 2.26. The standard InChI is InChI=1S/C11H21NO.ClH/c12-10-7-3-4-8-11(10)13-9-5-1-2-6-9;/h9-11H,1-8,12H2;1H/t10-,11-;/m1./s1. The Kier molecular flexibility index (Phi) is 5.21. The van der Waals surface area contributed by atoms with Gasteiger partial charge in [-0.2, -0.15) is 0 Å². The summed E-state index contributed by atoms with van der Waals surface area (Å²) in [6.45, 7) is 0. The van der Waals surface area contributed by atoms with Crippen LogP contribution in [-0.4, -0.2) is 18.2 Å². The van der Waals surface area contributed by atoms with E-state index in [9.17, 15) is 0 Å². The highest BCUT2D eigenvalue weighted by Crippen LogP contribution is 2.27. The maximum Gasteiger partial charge on any atom is 0.0729 e. The van der Waals surface area contributed by atoms with Crippen molar-refractivity contribution in [1.82, 2.24) is 0 Å². The van der Waals surface area contributed by atoms with E-state index in [0.717, 1.165) is 6.42 Å². The zero-order valence-electron chi connectivity index (χ0n) is 8.78. The van der Waals surface area contributed by atoms with E-state index in [1.807, 2.05) is 0 Å². The Balaban J connectivity index is 0.000000980. The van der Waals surface area contributed by atoms with Crippen LogP contribution in [0.2, 0.25) is 0 Å². The molecule has 84 valence electrons. The van der Waals surface area contributed by atoms with Crippen LogP contribution in [0.4, 0.5) is 0 Å². The molecule has 0 radical (unpaired) electrons. The van der Waals surface area contributed by atoms with Crippen molar-refractivity contribution in [1.29, 1.82) is 0 Å². The quantitative estimate of drug-likeness (QED) is 0.775. The molecule has 0 aliphatic heterocycles. The number of hydrogen-bond donors (Lipinski definition) is 1. The predicted octanol–water partition coefficient (Wildman–Crippen LogP) is 2.64. The summed E-state index contributed by atoms with van der Waals surface area (Å²) in [4.78, 5) is 0. The second-order valence-corrected chi connectivity index (χ2v) is 4.53. The van der Waals surface area contributed by atoms with Gasteiger partial charge in [0.25, 0.3) is 0 Å². The van der Waals surface area contributed by atoms with Crippen molar-refractivity contribution in [3.63, 3.8) is 0 Å². The first kappa shape index (κ1) is 12.3. The van der Waals surface area contributed by atoms with Gasteiger partial charge in [0.1, 0.15) is 0 Å². The van der Waals surface area contributed by atoms with Gasteiger partial charge in [0.05, 0.1) is 12.2 Å². The molecule has 2 aliphatic carbocycles. The summed E-state index contributed by atoms with van der Waals surface area (Å²) in [5, 5.41) is 0. The average molecular weight is 220 g/mol. The molecule has 0 unspecified atom stereocenters. The average Bonchev–Trinajstić information content (AvgIpc) is 2.61. The Morgan fingerprint density at radius 3 is 2.07 bits per heavy atom. The number of halogens is 1. The van der Waals surface area contributed by atoms with E-state index in [4.69, 9.17) is 10.5 Å². The van der Waals surface area contributed by atoms with Crippen molar-refractivity contribution >= 4 is 12.4 Å². The lowest BCUT2D eigenvalue weighted by molar-refractivity contribution is -0.0359. The summed E-state index contributed by atoms with van der Waals surface area (Å²) < 4.78 is 6.04. The molecule has 2 fully saturated rings. The molecular formula is C11H22ClNO. The molecule has 0 aromatic carbocycles. The van der Waals surface area contributed by atoms with Gasteiger partial charge in [-0.25, -0.2) is 0 Å². The Morgan fingerprint density at radius 1 is 0.857 bits per heavy atom. The van der Waals surface area contributed by atoms with E-state index in [0.29, 0.717) is 18.2 Å². The van der Waals surface area contributed by atoms with Gasteiger partial charge in [0, 0.05) is 6.04 Å². The molecule has 14 heavy (non-hydrogen) atoms. The van der Waals surface area contributed by atoms with Crippen LogP contribution in [0.3, 0.4) is 0 Å². The summed E-state index contributed by atoms with van der Waals surface area (Å²) >= 11 is 0. The molecule has 0 spiro atoms. The van der Waals surface area contributed by atoms with Gasteiger partial charge in [-0.05, 0) is 25.7 Å². The van der Waals surface area contributed by atoms with E-state index in [-0.39, 0.29) is 12.4 Å². The van der Waals surface area contributed by atoms with Crippen LogP contribution in [0, 0.1) is 0 Å². The fourth-order valence-corrected chi connectivity index (χ4v) is 2.57. The molecule has 0 heterocycles. The molecule has 0 bridgehead atoms. The van der Waals surface area contributed by atoms with Crippen LogP contribution in [0.25, 0.3) is 0 Å². The Hall–Kier alpha value is 0.210. The first-order valence-corrected chi connectivity index (χ1v) is 5.77. The summed E-state index contributed by atoms with van der Waals surface area (Å²) in [5.41, 5.74) is 6.03. The summed E-state index contributed by atoms with van der Waals surface area (Å²) in [6, 6.07) is 0.314. The molecular weight excluding hydrogens is 198 g/mol. The number of ether oxygens (including phenoxy) is 1. The minimum Gasteiger partial charge on any atom is -0.373 e. The molecule has 0 saturated heterocycles. The van der Waals surface area contributed by atoms with Crippen LogP contribution in [-0.2, 0) is 4.74 Å². The molecule has 0 aromatic rings. The summed E-state index contributed by atoms with van der Waals surface area (Å²) in [6.07, 6.45) is 11.1. The first-order valence-electron chi connectivity index (χ1n) is 5.77. The van der Waals surface area contributed by atoms with E-state index in [1.165, 1.54) is 44.9 Å². The molecule has 3 heteroatoms. The van der Waals surface area contributed by atoms with Crippen LogP contribution >= 0.6 is 12.4 Å². The summed E-state index contributed by atoms with van der Waals surface area (Å²) in [5.74, 6) is 0. The number of hydrogen-bond acceptors (Lipinski definition) is 2. The SMILES string of the molecule is Cl.N[C@@H]1CCCC[C@H]1OC1CCCC1. The van der Waals surface area contributed by atoms with E-state index in [1.54, 1.807) is 0 Å². The number of rotatable bonds is 2. The van der Waals surface area contributed by atoms with Crippen molar-refractivity contribution in [2.45, 2.75) is 69.6 Å². The fourth-order valence-electron chi connectivity index (χ4n) is 2.57. The van der Waals surface area contributed by atoms with E-state index in [2.05, 4.69) is 0 Å². The lowest BCUT2D eigenvalue weighted by Crippen LogP contribution is -2.41. The largest absolute Gasteiger partial charge is 0.373 e. The minimum atomic E-state index is 0. The van der Waals surface area contributed by atoms with Gasteiger partial charge < -0.3 is 10.5 Å². The van der Waals surface area contributed by atoms with Crippen LogP contribution < -0.4 is 5.73 Å². The monoisotopic (exact) mass is 219 g/mol. The first-order chi connectivity index (χ1) is 6.36. The second kappa shape index (κ2) is 5.94. The fraction of sp³-hybridized carbons (Fsp3) is 1.00. The van der Waals surface area contributed by atoms with Gasteiger partial charge >= 0.3 is 0 Å². The second-order valence-electron chi connectivity index (χ2n) is 4.53. The van der Waals surface area contributed by atoms with Crippen LogP contribution in [0.1, 0.15) is 51.4 Å². The third-order valence-corrected chi connectivity index (χ3v) is 3.42. The lowest BCUT2D eigenvalue weighted by atomic mass is 9.93. The maximum atomic E-state index is 6.04. The van der Waals surface area contributed by atoms with E-state index < -0.39 is 0 Å². The molecule has 0 amide bonds. The van der Waals surface area contributed by atoms with Crippen molar-refractivity contribution < 1.29 is 4.74 Å². The van der Waals surface area contributed by atoms with Crippen molar-refractivity contribution in [3.8, 4) is 0 Å². The number of nitrogens with two attached hydrogens (primary N) is 1. The van der Waals surface area contributed by atoms with Gasteiger partial charge in [0.2, 0.25) is 0 Å². The normalized spacial score (nSPS) is 34.1. The van der Waals surface area contributed by atoms with Crippen LogP contribution in [0.5, 0.6) is 0 Å². The molecule has 2 N–H and O–H groups in total. The van der Waals surface area contributed by atoms with Gasteiger partial charge in [-0.3, -0.25) is 0 Å². The molecule has 2 rings (SSSR count). The van der Waals surface area contributed by atoms with Crippen molar-refractivity contribution in [3.05, 3.63) is 0 Å². The summed E-state index contributed by atoms with van der Waals surface area (Å²) in [7, 11) is 0. The minimum absolute atomic E-state index is 0.